The zero-order valence-corrected chi connectivity index (χ0v) is 12.2. The van der Waals surface area contributed by atoms with Crippen LogP contribution >= 0.6 is 0 Å². The van der Waals surface area contributed by atoms with Crippen LogP contribution in [0.2, 0.25) is 0 Å². The zero-order chi connectivity index (χ0) is 12.3. The number of nitrogens with one attached hydrogen (secondary N) is 1. The van der Waals surface area contributed by atoms with Gasteiger partial charge in [0.1, 0.15) is 0 Å². The lowest BCUT2D eigenvalue weighted by molar-refractivity contribution is 0.299. The molecular weight excluding hydrogens is 218 g/mol. The SMILES string of the molecule is CCC(C)CS(=O)C1CCC(C)(C)C1NC. The first kappa shape index (κ1) is 14.2. The molecule has 1 aliphatic rings. The molecule has 96 valence electrons. The van der Waals surface area contributed by atoms with Gasteiger partial charge in [0.25, 0.3) is 0 Å². The lowest BCUT2D eigenvalue weighted by Crippen LogP contribution is -2.45. The predicted octanol–water partition coefficient (Wildman–Crippen LogP) is 2.56. The Hall–Kier alpha value is 0.110. The highest BCUT2D eigenvalue weighted by molar-refractivity contribution is 7.85. The third kappa shape index (κ3) is 3.07. The van der Waals surface area contributed by atoms with Crippen molar-refractivity contribution >= 4 is 10.8 Å². The fourth-order valence-corrected chi connectivity index (χ4v) is 4.95. The van der Waals surface area contributed by atoms with E-state index in [1.807, 2.05) is 7.05 Å². The van der Waals surface area contributed by atoms with Crippen LogP contribution in [-0.4, -0.2) is 28.3 Å². The predicted molar refractivity (Wildman–Crippen MR) is 72.1 cm³/mol. The second kappa shape index (κ2) is 5.63. The molecule has 1 rings (SSSR count). The lowest BCUT2D eigenvalue weighted by atomic mass is 9.87. The molecule has 0 bridgehead atoms. The summed E-state index contributed by atoms with van der Waals surface area (Å²) in [6.07, 6.45) is 3.43. The first-order chi connectivity index (χ1) is 7.42. The van der Waals surface area contributed by atoms with Gasteiger partial charge < -0.3 is 5.32 Å². The van der Waals surface area contributed by atoms with Gasteiger partial charge in [0.2, 0.25) is 0 Å². The highest BCUT2D eigenvalue weighted by atomic mass is 32.2. The van der Waals surface area contributed by atoms with Gasteiger partial charge in [-0.05, 0) is 31.2 Å². The van der Waals surface area contributed by atoms with Crippen LogP contribution in [0.15, 0.2) is 0 Å². The van der Waals surface area contributed by atoms with E-state index in [4.69, 9.17) is 0 Å². The average molecular weight is 245 g/mol. The van der Waals surface area contributed by atoms with Crippen LogP contribution in [0.1, 0.15) is 47.0 Å². The van der Waals surface area contributed by atoms with Crippen LogP contribution in [0, 0.1) is 11.3 Å². The number of hydrogen-bond donors (Lipinski definition) is 1. The summed E-state index contributed by atoms with van der Waals surface area (Å²) in [6.45, 7) is 8.95. The summed E-state index contributed by atoms with van der Waals surface area (Å²) < 4.78 is 12.3. The van der Waals surface area contributed by atoms with E-state index in [1.54, 1.807) is 0 Å². The Morgan fingerprint density at radius 2 is 2.12 bits per heavy atom. The molecule has 1 N–H and O–H groups in total. The van der Waals surface area contributed by atoms with Crippen molar-refractivity contribution in [3.8, 4) is 0 Å². The molecule has 4 unspecified atom stereocenters. The molecule has 1 saturated carbocycles. The van der Waals surface area contributed by atoms with E-state index in [0.717, 1.165) is 18.6 Å². The van der Waals surface area contributed by atoms with Crippen molar-refractivity contribution in [2.75, 3.05) is 12.8 Å². The van der Waals surface area contributed by atoms with E-state index in [9.17, 15) is 4.21 Å². The first-order valence-electron chi connectivity index (χ1n) is 6.46. The minimum atomic E-state index is -0.664. The van der Waals surface area contributed by atoms with Crippen molar-refractivity contribution in [2.45, 2.75) is 58.2 Å². The van der Waals surface area contributed by atoms with Crippen molar-refractivity contribution in [3.63, 3.8) is 0 Å². The van der Waals surface area contributed by atoms with Crippen molar-refractivity contribution in [1.29, 1.82) is 0 Å². The van der Waals surface area contributed by atoms with Crippen LogP contribution in [0.3, 0.4) is 0 Å². The molecule has 0 amide bonds. The Morgan fingerprint density at radius 1 is 1.50 bits per heavy atom. The number of hydrogen-bond acceptors (Lipinski definition) is 2. The molecule has 0 heterocycles. The van der Waals surface area contributed by atoms with Crippen LogP contribution in [0.5, 0.6) is 0 Å². The zero-order valence-electron chi connectivity index (χ0n) is 11.4. The fraction of sp³-hybridized carbons (Fsp3) is 1.00. The van der Waals surface area contributed by atoms with E-state index >= 15 is 0 Å². The van der Waals surface area contributed by atoms with Crippen molar-refractivity contribution < 1.29 is 4.21 Å². The summed E-state index contributed by atoms with van der Waals surface area (Å²) in [4.78, 5) is 0. The average Bonchev–Trinajstić information content (AvgIpc) is 2.53. The molecule has 4 atom stereocenters. The minimum absolute atomic E-state index is 0.296. The van der Waals surface area contributed by atoms with E-state index < -0.39 is 10.8 Å². The van der Waals surface area contributed by atoms with E-state index in [-0.39, 0.29) is 0 Å². The monoisotopic (exact) mass is 245 g/mol. The smallest absolute Gasteiger partial charge is 0.0506 e. The van der Waals surface area contributed by atoms with Gasteiger partial charge in [0, 0.05) is 22.6 Å². The lowest BCUT2D eigenvalue weighted by Gasteiger charge is -2.30. The van der Waals surface area contributed by atoms with Crippen molar-refractivity contribution in [2.24, 2.45) is 11.3 Å². The summed E-state index contributed by atoms with van der Waals surface area (Å²) in [7, 11) is 1.34. The minimum Gasteiger partial charge on any atom is -0.315 e. The Kier molecular flexibility index (Phi) is 4.99. The van der Waals surface area contributed by atoms with Crippen LogP contribution in [-0.2, 0) is 10.8 Å². The summed E-state index contributed by atoms with van der Waals surface area (Å²) in [5, 5.41) is 3.74. The molecule has 0 aromatic heterocycles. The number of rotatable bonds is 5. The molecule has 2 nitrogen and oxygen atoms in total. The van der Waals surface area contributed by atoms with Gasteiger partial charge in [-0.3, -0.25) is 4.21 Å². The van der Waals surface area contributed by atoms with Crippen LogP contribution < -0.4 is 5.32 Å². The topological polar surface area (TPSA) is 29.1 Å². The molecule has 0 radical (unpaired) electrons. The Labute approximate surface area is 103 Å². The fourth-order valence-electron chi connectivity index (χ4n) is 2.72. The third-order valence-corrected chi connectivity index (χ3v) is 6.16. The standard InChI is InChI=1S/C13H27NOS/c1-6-10(2)9-16(15)11-7-8-13(3,4)12(11)14-5/h10-12,14H,6-9H2,1-5H3. The maximum atomic E-state index is 12.3. The Bertz CT molecular complexity index is 252. The second-order valence-electron chi connectivity index (χ2n) is 5.89. The van der Waals surface area contributed by atoms with Gasteiger partial charge >= 0.3 is 0 Å². The molecule has 1 fully saturated rings. The molecule has 0 aromatic carbocycles. The van der Waals surface area contributed by atoms with Gasteiger partial charge in [-0.25, -0.2) is 0 Å². The van der Waals surface area contributed by atoms with Gasteiger partial charge in [0.05, 0.1) is 5.25 Å². The quantitative estimate of drug-likeness (QED) is 0.806. The molecule has 0 aliphatic heterocycles. The van der Waals surface area contributed by atoms with Gasteiger partial charge in [-0.2, -0.15) is 0 Å². The Balaban J connectivity index is 2.63. The molecule has 0 spiro atoms. The third-order valence-electron chi connectivity index (χ3n) is 4.08. The van der Waals surface area contributed by atoms with Crippen molar-refractivity contribution in [3.05, 3.63) is 0 Å². The van der Waals surface area contributed by atoms with Crippen LogP contribution in [0.4, 0.5) is 0 Å². The van der Waals surface area contributed by atoms with E-state index in [2.05, 4.69) is 33.0 Å². The molecule has 3 heteroatoms. The normalized spacial score (nSPS) is 32.6. The summed E-state index contributed by atoms with van der Waals surface area (Å²) in [5.41, 5.74) is 0.296. The maximum absolute atomic E-state index is 12.3. The summed E-state index contributed by atoms with van der Waals surface area (Å²) in [6, 6.07) is 0.414. The molecule has 1 aliphatic carbocycles. The molecule has 0 aromatic rings. The van der Waals surface area contributed by atoms with Gasteiger partial charge in [-0.15, -0.1) is 0 Å². The largest absolute Gasteiger partial charge is 0.315 e. The second-order valence-corrected chi connectivity index (χ2v) is 7.59. The summed E-state index contributed by atoms with van der Waals surface area (Å²) in [5.74, 6) is 1.46. The van der Waals surface area contributed by atoms with E-state index in [1.165, 1.54) is 6.42 Å². The first-order valence-corrected chi connectivity index (χ1v) is 7.85. The molecular formula is C13H27NOS. The van der Waals surface area contributed by atoms with E-state index in [0.29, 0.717) is 22.6 Å². The van der Waals surface area contributed by atoms with Gasteiger partial charge in [0.15, 0.2) is 0 Å². The molecule has 0 saturated heterocycles. The van der Waals surface area contributed by atoms with Crippen molar-refractivity contribution in [1.82, 2.24) is 5.32 Å². The molecule has 16 heavy (non-hydrogen) atoms. The summed E-state index contributed by atoms with van der Waals surface area (Å²) >= 11 is 0. The highest BCUT2D eigenvalue weighted by Crippen LogP contribution is 2.40. The van der Waals surface area contributed by atoms with Crippen LogP contribution in [0.25, 0.3) is 0 Å². The maximum Gasteiger partial charge on any atom is 0.0506 e. The Morgan fingerprint density at radius 3 is 2.62 bits per heavy atom. The van der Waals surface area contributed by atoms with Gasteiger partial charge in [-0.1, -0.05) is 34.1 Å². The highest BCUT2D eigenvalue weighted by Gasteiger charge is 2.43.